The summed E-state index contributed by atoms with van der Waals surface area (Å²) in [6.07, 6.45) is 5.48. The van der Waals surface area contributed by atoms with E-state index in [1.165, 1.54) is 31.4 Å². The summed E-state index contributed by atoms with van der Waals surface area (Å²) < 4.78 is 0. The van der Waals surface area contributed by atoms with Crippen molar-refractivity contribution in [2.75, 3.05) is 37.6 Å². The molecule has 3 nitrogen and oxygen atoms in total. The zero-order valence-corrected chi connectivity index (χ0v) is 12.4. The lowest BCUT2D eigenvalue weighted by Gasteiger charge is -2.38. The Labute approximate surface area is 122 Å². The molecule has 2 fully saturated rings. The SMILES string of the molecule is NC(CN1CCN(c2ccccc2)CC1)C1CCCC1. The molecule has 0 spiro atoms. The summed E-state index contributed by atoms with van der Waals surface area (Å²) in [5.74, 6) is 0.780. The van der Waals surface area contributed by atoms with Crippen molar-refractivity contribution in [3.8, 4) is 0 Å². The smallest absolute Gasteiger partial charge is 0.0367 e. The molecule has 1 aliphatic carbocycles. The molecular weight excluding hydrogens is 246 g/mol. The van der Waals surface area contributed by atoms with E-state index in [9.17, 15) is 0 Å². The minimum atomic E-state index is 0.390. The maximum atomic E-state index is 6.40. The van der Waals surface area contributed by atoms with Crippen molar-refractivity contribution >= 4 is 5.69 Å². The van der Waals surface area contributed by atoms with Gasteiger partial charge in [0.25, 0.3) is 0 Å². The average Bonchev–Trinajstić information content (AvgIpc) is 3.03. The van der Waals surface area contributed by atoms with Gasteiger partial charge in [0.15, 0.2) is 0 Å². The Morgan fingerprint density at radius 3 is 2.30 bits per heavy atom. The third kappa shape index (κ3) is 3.33. The highest BCUT2D eigenvalue weighted by molar-refractivity contribution is 5.46. The molecule has 0 radical (unpaired) electrons. The first-order valence-electron chi connectivity index (χ1n) is 8.11. The third-order valence-electron chi connectivity index (χ3n) is 4.97. The molecule has 1 aliphatic heterocycles. The van der Waals surface area contributed by atoms with Crippen LogP contribution in [0.1, 0.15) is 25.7 Å². The van der Waals surface area contributed by atoms with Crippen molar-refractivity contribution in [1.29, 1.82) is 0 Å². The maximum Gasteiger partial charge on any atom is 0.0367 e. The summed E-state index contributed by atoms with van der Waals surface area (Å²) in [4.78, 5) is 5.04. The Balaban J connectivity index is 1.46. The molecule has 0 bridgehead atoms. The van der Waals surface area contributed by atoms with Crippen LogP contribution in [0.3, 0.4) is 0 Å². The first-order chi connectivity index (χ1) is 9.83. The summed E-state index contributed by atoms with van der Waals surface area (Å²) >= 11 is 0. The van der Waals surface area contributed by atoms with Gasteiger partial charge in [-0.1, -0.05) is 31.0 Å². The minimum absolute atomic E-state index is 0.390. The van der Waals surface area contributed by atoms with Crippen molar-refractivity contribution in [3.05, 3.63) is 30.3 Å². The molecule has 2 aliphatic rings. The molecule has 1 heterocycles. The second-order valence-electron chi connectivity index (χ2n) is 6.33. The van der Waals surface area contributed by atoms with Gasteiger partial charge in [-0.05, 0) is 30.9 Å². The highest BCUT2D eigenvalue weighted by Crippen LogP contribution is 2.27. The molecule has 2 N–H and O–H groups in total. The van der Waals surface area contributed by atoms with E-state index in [4.69, 9.17) is 5.73 Å². The second-order valence-corrected chi connectivity index (χ2v) is 6.33. The highest BCUT2D eigenvalue weighted by Gasteiger charge is 2.25. The van der Waals surface area contributed by atoms with Gasteiger partial charge in [-0.3, -0.25) is 4.90 Å². The fourth-order valence-electron chi connectivity index (χ4n) is 3.66. The number of nitrogens with two attached hydrogens (primary N) is 1. The van der Waals surface area contributed by atoms with E-state index < -0.39 is 0 Å². The summed E-state index contributed by atoms with van der Waals surface area (Å²) in [7, 11) is 0. The van der Waals surface area contributed by atoms with Gasteiger partial charge in [0.2, 0.25) is 0 Å². The summed E-state index contributed by atoms with van der Waals surface area (Å²) in [5, 5.41) is 0. The number of benzene rings is 1. The van der Waals surface area contributed by atoms with Gasteiger partial charge in [-0.2, -0.15) is 0 Å². The van der Waals surface area contributed by atoms with E-state index in [1.54, 1.807) is 0 Å². The molecule has 1 aromatic carbocycles. The summed E-state index contributed by atoms with van der Waals surface area (Å²) in [5.41, 5.74) is 7.75. The predicted octanol–water partition coefficient (Wildman–Crippen LogP) is 2.33. The Morgan fingerprint density at radius 2 is 1.65 bits per heavy atom. The lowest BCUT2D eigenvalue weighted by molar-refractivity contribution is 0.219. The van der Waals surface area contributed by atoms with E-state index in [0.29, 0.717) is 6.04 Å². The number of piperazine rings is 1. The molecule has 3 rings (SSSR count). The monoisotopic (exact) mass is 273 g/mol. The van der Waals surface area contributed by atoms with Crippen LogP contribution in [0.2, 0.25) is 0 Å². The first-order valence-corrected chi connectivity index (χ1v) is 8.11. The molecule has 1 aromatic rings. The van der Waals surface area contributed by atoms with Gasteiger partial charge in [0.05, 0.1) is 0 Å². The van der Waals surface area contributed by atoms with Crippen LogP contribution in [0.15, 0.2) is 30.3 Å². The van der Waals surface area contributed by atoms with Crippen LogP contribution < -0.4 is 10.6 Å². The fourth-order valence-corrected chi connectivity index (χ4v) is 3.66. The van der Waals surface area contributed by atoms with Crippen LogP contribution in [-0.2, 0) is 0 Å². The topological polar surface area (TPSA) is 32.5 Å². The summed E-state index contributed by atoms with van der Waals surface area (Å²) in [6, 6.07) is 11.1. The van der Waals surface area contributed by atoms with Crippen LogP contribution in [-0.4, -0.2) is 43.7 Å². The van der Waals surface area contributed by atoms with Crippen LogP contribution in [0.25, 0.3) is 0 Å². The van der Waals surface area contributed by atoms with Crippen LogP contribution in [0.4, 0.5) is 5.69 Å². The van der Waals surface area contributed by atoms with E-state index in [0.717, 1.165) is 38.6 Å². The number of rotatable bonds is 4. The van der Waals surface area contributed by atoms with Crippen molar-refractivity contribution in [2.24, 2.45) is 11.7 Å². The minimum Gasteiger partial charge on any atom is -0.369 e. The van der Waals surface area contributed by atoms with Gasteiger partial charge >= 0.3 is 0 Å². The molecule has 110 valence electrons. The normalized spacial score (nSPS) is 23.1. The van der Waals surface area contributed by atoms with Gasteiger partial charge in [-0.15, -0.1) is 0 Å². The van der Waals surface area contributed by atoms with Crippen LogP contribution in [0, 0.1) is 5.92 Å². The Morgan fingerprint density at radius 1 is 1.00 bits per heavy atom. The molecule has 3 heteroatoms. The number of hydrogen-bond donors (Lipinski definition) is 1. The second kappa shape index (κ2) is 6.59. The Hall–Kier alpha value is -1.06. The Bertz CT molecular complexity index is 392. The van der Waals surface area contributed by atoms with Crippen molar-refractivity contribution < 1.29 is 0 Å². The summed E-state index contributed by atoms with van der Waals surface area (Å²) in [6.45, 7) is 5.64. The molecular formula is C17H27N3. The molecule has 1 saturated carbocycles. The van der Waals surface area contributed by atoms with E-state index in [-0.39, 0.29) is 0 Å². The largest absolute Gasteiger partial charge is 0.369 e. The number of para-hydroxylation sites is 1. The quantitative estimate of drug-likeness (QED) is 0.914. The molecule has 1 atom stereocenters. The zero-order valence-electron chi connectivity index (χ0n) is 12.4. The van der Waals surface area contributed by atoms with Crippen LogP contribution in [0.5, 0.6) is 0 Å². The lowest BCUT2D eigenvalue weighted by atomic mass is 9.98. The third-order valence-corrected chi connectivity index (χ3v) is 4.97. The van der Waals surface area contributed by atoms with Gasteiger partial charge < -0.3 is 10.6 Å². The average molecular weight is 273 g/mol. The fraction of sp³-hybridized carbons (Fsp3) is 0.647. The zero-order chi connectivity index (χ0) is 13.8. The van der Waals surface area contributed by atoms with Crippen molar-refractivity contribution in [1.82, 2.24) is 4.90 Å². The standard InChI is InChI=1S/C17H27N3/c18-17(15-6-4-5-7-15)14-19-10-12-20(13-11-19)16-8-2-1-3-9-16/h1-3,8-9,15,17H,4-7,10-14,18H2. The van der Waals surface area contributed by atoms with Crippen molar-refractivity contribution in [3.63, 3.8) is 0 Å². The lowest BCUT2D eigenvalue weighted by Crippen LogP contribution is -2.51. The maximum absolute atomic E-state index is 6.40. The number of nitrogens with zero attached hydrogens (tertiary/aromatic N) is 2. The number of hydrogen-bond acceptors (Lipinski definition) is 3. The molecule has 0 aromatic heterocycles. The molecule has 1 saturated heterocycles. The predicted molar refractivity (Wildman–Crippen MR) is 85.0 cm³/mol. The van der Waals surface area contributed by atoms with Gasteiger partial charge in [0, 0.05) is 44.5 Å². The molecule has 1 unspecified atom stereocenters. The van der Waals surface area contributed by atoms with E-state index in [1.807, 2.05) is 0 Å². The van der Waals surface area contributed by atoms with Gasteiger partial charge in [-0.25, -0.2) is 0 Å². The van der Waals surface area contributed by atoms with Crippen molar-refractivity contribution in [2.45, 2.75) is 31.7 Å². The number of anilines is 1. The van der Waals surface area contributed by atoms with E-state index >= 15 is 0 Å². The first kappa shape index (κ1) is 13.9. The van der Waals surface area contributed by atoms with E-state index in [2.05, 4.69) is 40.1 Å². The molecule has 0 amide bonds. The Kier molecular flexibility index (Phi) is 4.58. The van der Waals surface area contributed by atoms with Gasteiger partial charge in [0.1, 0.15) is 0 Å². The highest BCUT2D eigenvalue weighted by atomic mass is 15.3. The van der Waals surface area contributed by atoms with Crippen LogP contribution >= 0.6 is 0 Å². The molecule has 20 heavy (non-hydrogen) atoms.